The molecule has 3 fully saturated rings. The third kappa shape index (κ3) is 3.77. The molecule has 2 heterocycles. The van der Waals surface area contributed by atoms with Gasteiger partial charge in [-0.2, -0.15) is 4.31 Å². The highest BCUT2D eigenvalue weighted by Gasteiger charge is 2.42. The number of aryl methyl sites for hydroxylation is 1. The molecule has 0 bridgehead atoms. The van der Waals surface area contributed by atoms with Crippen molar-refractivity contribution < 1.29 is 13.2 Å². The monoisotopic (exact) mass is 391 g/mol. The molecule has 1 aromatic carbocycles. The highest BCUT2D eigenvalue weighted by molar-refractivity contribution is 7.89. The number of rotatable bonds is 5. The molecule has 2 saturated heterocycles. The second-order valence-electron chi connectivity index (χ2n) is 8.22. The molecule has 2 N–H and O–H groups in total. The Morgan fingerprint density at radius 1 is 1.07 bits per heavy atom. The minimum absolute atomic E-state index is 0.186. The summed E-state index contributed by atoms with van der Waals surface area (Å²) in [7, 11) is -3.37. The Labute approximate surface area is 161 Å². The van der Waals surface area contributed by atoms with Crippen molar-refractivity contribution in [3.8, 4) is 0 Å². The molecule has 3 unspecified atom stereocenters. The highest BCUT2D eigenvalue weighted by atomic mass is 32.2. The van der Waals surface area contributed by atoms with E-state index in [1.807, 2.05) is 17.0 Å². The fourth-order valence-corrected chi connectivity index (χ4v) is 6.34. The summed E-state index contributed by atoms with van der Waals surface area (Å²) in [5.41, 5.74) is 7.15. The molecule has 1 aromatic rings. The predicted molar refractivity (Wildman–Crippen MR) is 104 cm³/mol. The van der Waals surface area contributed by atoms with Crippen LogP contribution in [0.25, 0.3) is 0 Å². The number of hydrogen-bond acceptors (Lipinski definition) is 4. The lowest BCUT2D eigenvalue weighted by Gasteiger charge is -2.19. The van der Waals surface area contributed by atoms with E-state index in [-0.39, 0.29) is 11.9 Å². The lowest BCUT2D eigenvalue weighted by atomic mass is 9.98. The number of benzene rings is 1. The number of nitrogens with zero attached hydrogens (tertiary/aromatic N) is 2. The van der Waals surface area contributed by atoms with E-state index >= 15 is 0 Å². The third-order valence-electron chi connectivity index (χ3n) is 6.52. The van der Waals surface area contributed by atoms with Crippen LogP contribution in [0.1, 0.15) is 37.7 Å². The Hall–Kier alpha value is -1.44. The van der Waals surface area contributed by atoms with Gasteiger partial charge in [-0.05, 0) is 61.6 Å². The van der Waals surface area contributed by atoms with Gasteiger partial charge in [0.15, 0.2) is 0 Å². The molecule has 3 atom stereocenters. The molecule has 1 saturated carbocycles. The van der Waals surface area contributed by atoms with Gasteiger partial charge in [-0.15, -0.1) is 0 Å². The molecule has 0 aromatic heterocycles. The first-order valence-corrected chi connectivity index (χ1v) is 11.5. The zero-order chi connectivity index (χ0) is 19.0. The smallest absolute Gasteiger partial charge is 0.243 e. The summed E-state index contributed by atoms with van der Waals surface area (Å²) in [6.45, 7) is 2.88. The van der Waals surface area contributed by atoms with Crippen molar-refractivity contribution in [2.75, 3.05) is 26.2 Å². The van der Waals surface area contributed by atoms with Gasteiger partial charge in [0.2, 0.25) is 15.9 Å². The first-order chi connectivity index (χ1) is 12.9. The van der Waals surface area contributed by atoms with E-state index in [1.165, 1.54) is 0 Å². The molecule has 0 radical (unpaired) electrons. The molecule has 1 amide bonds. The van der Waals surface area contributed by atoms with Crippen LogP contribution in [0.3, 0.4) is 0 Å². The van der Waals surface area contributed by atoms with Gasteiger partial charge in [0.1, 0.15) is 0 Å². The van der Waals surface area contributed by atoms with Crippen molar-refractivity contribution in [3.63, 3.8) is 0 Å². The average Bonchev–Trinajstić information content (AvgIpc) is 3.39. The van der Waals surface area contributed by atoms with Crippen LogP contribution in [-0.4, -0.2) is 55.8 Å². The van der Waals surface area contributed by atoms with E-state index in [0.29, 0.717) is 42.7 Å². The number of likely N-dealkylation sites (tertiary alicyclic amines) is 1. The zero-order valence-electron chi connectivity index (χ0n) is 15.7. The lowest BCUT2D eigenvalue weighted by molar-refractivity contribution is -0.130. The van der Waals surface area contributed by atoms with Gasteiger partial charge in [-0.3, -0.25) is 4.79 Å². The maximum Gasteiger partial charge on any atom is 0.243 e. The van der Waals surface area contributed by atoms with Crippen molar-refractivity contribution in [1.29, 1.82) is 0 Å². The third-order valence-corrected chi connectivity index (χ3v) is 8.43. The van der Waals surface area contributed by atoms with Gasteiger partial charge in [0.05, 0.1) is 4.90 Å². The maximum absolute atomic E-state index is 12.6. The Morgan fingerprint density at radius 3 is 2.44 bits per heavy atom. The van der Waals surface area contributed by atoms with Gasteiger partial charge in [-0.25, -0.2) is 8.42 Å². The van der Waals surface area contributed by atoms with Crippen LogP contribution in [0.2, 0.25) is 0 Å². The normalized spacial score (nSPS) is 28.6. The van der Waals surface area contributed by atoms with Crippen LogP contribution < -0.4 is 5.73 Å². The fraction of sp³-hybridized carbons (Fsp3) is 0.650. The molecule has 27 heavy (non-hydrogen) atoms. The predicted octanol–water partition coefficient (Wildman–Crippen LogP) is 1.60. The number of nitrogens with two attached hydrogens (primary N) is 1. The Balaban J connectivity index is 1.32. The molecule has 6 nitrogen and oxygen atoms in total. The van der Waals surface area contributed by atoms with Gasteiger partial charge < -0.3 is 10.6 Å². The van der Waals surface area contributed by atoms with Crippen molar-refractivity contribution in [2.24, 2.45) is 17.6 Å². The van der Waals surface area contributed by atoms with Gasteiger partial charge in [-0.1, -0.05) is 12.1 Å². The zero-order valence-corrected chi connectivity index (χ0v) is 16.5. The highest BCUT2D eigenvalue weighted by Crippen LogP contribution is 2.37. The van der Waals surface area contributed by atoms with Crippen LogP contribution in [-0.2, 0) is 21.2 Å². The molecular weight excluding hydrogens is 362 g/mol. The minimum atomic E-state index is -3.37. The van der Waals surface area contributed by atoms with Crippen LogP contribution in [0.5, 0.6) is 0 Å². The van der Waals surface area contributed by atoms with Crippen LogP contribution >= 0.6 is 0 Å². The Bertz CT molecular complexity index is 787. The van der Waals surface area contributed by atoms with E-state index in [4.69, 9.17) is 5.73 Å². The van der Waals surface area contributed by atoms with E-state index in [2.05, 4.69) is 0 Å². The second kappa shape index (κ2) is 7.53. The van der Waals surface area contributed by atoms with Crippen molar-refractivity contribution in [2.45, 2.75) is 49.5 Å². The number of sulfonamides is 1. The first-order valence-electron chi connectivity index (χ1n) is 10.1. The molecular formula is C20H29N3O3S. The number of hydrogen-bond donors (Lipinski definition) is 1. The summed E-state index contributed by atoms with van der Waals surface area (Å²) < 4.78 is 26.7. The molecule has 2 aliphatic heterocycles. The maximum atomic E-state index is 12.6. The minimum Gasteiger partial charge on any atom is -0.342 e. The Morgan fingerprint density at radius 2 is 1.78 bits per heavy atom. The van der Waals surface area contributed by atoms with E-state index in [1.54, 1.807) is 16.4 Å². The summed E-state index contributed by atoms with van der Waals surface area (Å²) >= 11 is 0. The van der Waals surface area contributed by atoms with Gasteiger partial charge in [0, 0.05) is 38.6 Å². The molecule has 1 aliphatic carbocycles. The van der Waals surface area contributed by atoms with Crippen LogP contribution in [0.15, 0.2) is 29.2 Å². The quantitative estimate of drug-likeness (QED) is 0.826. The fourth-order valence-electron chi connectivity index (χ4n) is 4.83. The lowest BCUT2D eigenvalue weighted by Crippen LogP contribution is -2.33. The summed E-state index contributed by atoms with van der Waals surface area (Å²) in [5.74, 6) is 1.24. The summed E-state index contributed by atoms with van der Waals surface area (Å²) in [6, 6.07) is 7.27. The number of amides is 1. The molecule has 148 valence electrons. The largest absolute Gasteiger partial charge is 0.342 e. The van der Waals surface area contributed by atoms with Crippen molar-refractivity contribution in [1.82, 2.24) is 9.21 Å². The topological polar surface area (TPSA) is 83.7 Å². The summed E-state index contributed by atoms with van der Waals surface area (Å²) in [5, 5.41) is 0. The van der Waals surface area contributed by atoms with Crippen LogP contribution in [0, 0.1) is 11.8 Å². The Kier molecular flexibility index (Phi) is 5.27. The van der Waals surface area contributed by atoms with E-state index < -0.39 is 10.0 Å². The van der Waals surface area contributed by atoms with E-state index in [9.17, 15) is 13.2 Å². The number of carbonyl (C=O) groups is 1. The standard InChI is InChI=1S/C20H29N3O3S/c21-19-9-6-16-13-22(14-18(16)19)20(24)10-5-15-3-7-17(8-4-15)27(25,26)23-11-1-2-12-23/h3-4,7-8,16,18-19H,1-2,5-6,9-14,21H2. The van der Waals surface area contributed by atoms with E-state index in [0.717, 1.165) is 44.3 Å². The molecule has 3 aliphatic rings. The SMILES string of the molecule is NC1CCC2CN(C(=O)CCc3ccc(S(=O)(=O)N4CCCC4)cc3)CC12. The second-order valence-corrected chi connectivity index (χ2v) is 10.2. The van der Waals surface area contributed by atoms with Gasteiger partial charge >= 0.3 is 0 Å². The summed E-state index contributed by atoms with van der Waals surface area (Å²) in [6.07, 6.45) is 5.20. The molecule has 4 rings (SSSR count). The van der Waals surface area contributed by atoms with Crippen LogP contribution in [0.4, 0.5) is 0 Å². The number of carbonyl (C=O) groups excluding carboxylic acids is 1. The number of fused-ring (bicyclic) bond motifs is 1. The first kappa shape index (κ1) is 18.9. The van der Waals surface area contributed by atoms with Crippen molar-refractivity contribution in [3.05, 3.63) is 29.8 Å². The van der Waals surface area contributed by atoms with Crippen molar-refractivity contribution >= 4 is 15.9 Å². The molecule has 0 spiro atoms. The van der Waals surface area contributed by atoms with Gasteiger partial charge in [0.25, 0.3) is 0 Å². The average molecular weight is 392 g/mol. The molecule has 7 heteroatoms. The summed E-state index contributed by atoms with van der Waals surface area (Å²) in [4.78, 5) is 14.9.